The first-order valence-corrected chi connectivity index (χ1v) is 5.75. The summed E-state index contributed by atoms with van der Waals surface area (Å²) < 4.78 is 28.7. The molecule has 0 radical (unpaired) electrons. The molecule has 0 amide bonds. The number of nitrogens with zero attached hydrogens (tertiary/aromatic N) is 1. The summed E-state index contributed by atoms with van der Waals surface area (Å²) in [5.74, 6) is 3.78. The molecule has 0 saturated carbocycles. The highest BCUT2D eigenvalue weighted by molar-refractivity contribution is 5.53. The molecule has 19 heavy (non-hydrogen) atoms. The van der Waals surface area contributed by atoms with Crippen LogP contribution in [0.2, 0.25) is 0 Å². The van der Waals surface area contributed by atoms with Gasteiger partial charge >= 0.3 is 0 Å². The van der Waals surface area contributed by atoms with E-state index in [1.54, 1.807) is 24.5 Å². The average molecular weight is 261 g/mol. The van der Waals surface area contributed by atoms with E-state index in [0.29, 0.717) is 0 Å². The molecule has 1 N–H and O–H groups in total. The van der Waals surface area contributed by atoms with Crippen LogP contribution in [0.5, 0.6) is 0 Å². The van der Waals surface area contributed by atoms with Gasteiger partial charge in [0.25, 0.3) is 0 Å². The van der Waals surface area contributed by atoms with Gasteiger partial charge in [-0.1, -0.05) is 11.8 Å². The zero-order valence-corrected chi connectivity index (χ0v) is 10.6. The van der Waals surface area contributed by atoms with Gasteiger partial charge in [-0.05, 0) is 32.0 Å². The van der Waals surface area contributed by atoms with Gasteiger partial charge < -0.3 is 9.67 Å². The van der Waals surface area contributed by atoms with Crippen molar-refractivity contribution in [2.24, 2.45) is 0 Å². The minimum atomic E-state index is -1.23. The fourth-order valence-corrected chi connectivity index (χ4v) is 1.63. The summed E-state index contributed by atoms with van der Waals surface area (Å²) >= 11 is 0. The molecule has 98 valence electrons. The molecular weight excluding hydrogens is 248 g/mol. The second-order valence-electron chi connectivity index (χ2n) is 4.68. The molecule has 1 heterocycles. The third-order valence-electron chi connectivity index (χ3n) is 2.39. The van der Waals surface area contributed by atoms with Gasteiger partial charge in [0.15, 0.2) is 5.82 Å². The monoisotopic (exact) mass is 261 g/mol. The maximum atomic E-state index is 13.9. The predicted octanol–water partition coefficient (Wildman–Crippen LogP) is 2.88. The fourth-order valence-electron chi connectivity index (χ4n) is 1.63. The molecule has 2 rings (SSSR count). The van der Waals surface area contributed by atoms with Crippen molar-refractivity contribution in [3.63, 3.8) is 0 Å². The van der Waals surface area contributed by atoms with E-state index in [2.05, 4.69) is 11.8 Å². The lowest BCUT2D eigenvalue weighted by atomic mass is 10.1. The molecule has 1 aromatic heterocycles. The standard InChI is InChI=1S/C15H13F2NO/c1-15(2,19)6-5-11-9-12(16)10-13(17)14(11)18-7-3-4-8-18/h3-4,7-10,19H,1-2H3. The Morgan fingerprint density at radius 1 is 1.16 bits per heavy atom. The molecule has 0 fully saturated rings. The first-order chi connectivity index (χ1) is 8.87. The van der Waals surface area contributed by atoms with Crippen LogP contribution in [0, 0.1) is 23.5 Å². The molecule has 0 atom stereocenters. The fraction of sp³-hybridized carbons (Fsp3) is 0.200. The van der Waals surface area contributed by atoms with E-state index in [1.807, 2.05) is 0 Å². The highest BCUT2D eigenvalue weighted by Crippen LogP contribution is 2.20. The number of benzene rings is 1. The van der Waals surface area contributed by atoms with Crippen molar-refractivity contribution in [1.82, 2.24) is 4.57 Å². The zero-order valence-electron chi connectivity index (χ0n) is 10.6. The van der Waals surface area contributed by atoms with E-state index in [4.69, 9.17) is 0 Å². The van der Waals surface area contributed by atoms with Crippen molar-refractivity contribution < 1.29 is 13.9 Å². The van der Waals surface area contributed by atoms with Crippen molar-refractivity contribution in [3.05, 3.63) is 53.9 Å². The van der Waals surface area contributed by atoms with Crippen LogP contribution >= 0.6 is 0 Å². The normalized spacial score (nSPS) is 11.0. The zero-order chi connectivity index (χ0) is 14.0. The second kappa shape index (κ2) is 4.87. The first-order valence-electron chi connectivity index (χ1n) is 5.75. The largest absolute Gasteiger partial charge is 0.378 e. The van der Waals surface area contributed by atoms with Gasteiger partial charge in [-0.25, -0.2) is 8.78 Å². The Morgan fingerprint density at radius 3 is 2.37 bits per heavy atom. The molecule has 0 unspecified atom stereocenters. The summed E-state index contributed by atoms with van der Waals surface area (Å²) in [7, 11) is 0. The summed E-state index contributed by atoms with van der Waals surface area (Å²) in [6.45, 7) is 3.01. The van der Waals surface area contributed by atoms with Crippen LogP contribution in [-0.4, -0.2) is 15.3 Å². The van der Waals surface area contributed by atoms with Crippen LogP contribution in [0.25, 0.3) is 5.69 Å². The van der Waals surface area contributed by atoms with Gasteiger partial charge in [-0.15, -0.1) is 0 Å². The predicted molar refractivity (Wildman–Crippen MR) is 68.9 cm³/mol. The van der Waals surface area contributed by atoms with E-state index in [-0.39, 0.29) is 11.3 Å². The van der Waals surface area contributed by atoms with Crippen LogP contribution in [0.1, 0.15) is 19.4 Å². The summed E-state index contributed by atoms with van der Waals surface area (Å²) in [6.07, 6.45) is 3.29. The molecule has 0 bridgehead atoms. The van der Waals surface area contributed by atoms with Crippen molar-refractivity contribution in [2.45, 2.75) is 19.4 Å². The van der Waals surface area contributed by atoms with Crippen molar-refractivity contribution >= 4 is 0 Å². The third-order valence-corrected chi connectivity index (χ3v) is 2.39. The Bertz CT molecular complexity index is 643. The highest BCUT2D eigenvalue weighted by Gasteiger charge is 2.12. The lowest BCUT2D eigenvalue weighted by Gasteiger charge is -2.10. The van der Waals surface area contributed by atoms with Gasteiger partial charge in [0, 0.05) is 18.5 Å². The topological polar surface area (TPSA) is 25.2 Å². The number of aromatic nitrogens is 1. The smallest absolute Gasteiger partial charge is 0.151 e. The number of rotatable bonds is 1. The van der Waals surface area contributed by atoms with E-state index in [9.17, 15) is 13.9 Å². The molecular formula is C15H13F2NO. The summed E-state index contributed by atoms with van der Waals surface area (Å²) in [4.78, 5) is 0. The minimum Gasteiger partial charge on any atom is -0.378 e. The van der Waals surface area contributed by atoms with E-state index in [1.165, 1.54) is 18.4 Å². The first kappa shape index (κ1) is 13.3. The quantitative estimate of drug-likeness (QED) is 0.784. The maximum absolute atomic E-state index is 13.9. The van der Waals surface area contributed by atoms with Crippen molar-refractivity contribution in [2.75, 3.05) is 0 Å². The van der Waals surface area contributed by atoms with Gasteiger partial charge in [-0.3, -0.25) is 0 Å². The van der Waals surface area contributed by atoms with Gasteiger partial charge in [-0.2, -0.15) is 0 Å². The van der Waals surface area contributed by atoms with Gasteiger partial charge in [0.2, 0.25) is 0 Å². The Kier molecular flexibility index (Phi) is 3.41. The van der Waals surface area contributed by atoms with Crippen LogP contribution in [0.15, 0.2) is 36.7 Å². The SMILES string of the molecule is CC(C)(O)C#Cc1cc(F)cc(F)c1-n1cccc1. The summed E-state index contributed by atoms with van der Waals surface area (Å²) in [5, 5.41) is 9.57. The average Bonchev–Trinajstić information content (AvgIpc) is 2.77. The molecule has 0 aliphatic carbocycles. The number of aliphatic hydroxyl groups is 1. The molecule has 0 aliphatic rings. The van der Waals surface area contributed by atoms with Crippen LogP contribution in [0.3, 0.4) is 0 Å². The lowest BCUT2D eigenvalue weighted by molar-refractivity contribution is 0.143. The van der Waals surface area contributed by atoms with Gasteiger partial charge in [0.05, 0.1) is 11.3 Å². The highest BCUT2D eigenvalue weighted by atomic mass is 19.1. The number of hydrogen-bond donors (Lipinski definition) is 1. The van der Waals surface area contributed by atoms with Crippen molar-refractivity contribution in [3.8, 4) is 17.5 Å². The van der Waals surface area contributed by atoms with Crippen LogP contribution < -0.4 is 0 Å². The Balaban J connectivity index is 2.61. The Labute approximate surface area is 110 Å². The molecule has 2 nitrogen and oxygen atoms in total. The van der Waals surface area contributed by atoms with E-state index in [0.717, 1.165) is 12.1 Å². The maximum Gasteiger partial charge on any atom is 0.151 e. The molecule has 2 aromatic rings. The molecule has 0 saturated heterocycles. The van der Waals surface area contributed by atoms with E-state index >= 15 is 0 Å². The second-order valence-corrected chi connectivity index (χ2v) is 4.68. The third kappa shape index (κ3) is 3.21. The van der Waals surface area contributed by atoms with Gasteiger partial charge in [0.1, 0.15) is 11.4 Å². The summed E-state index contributed by atoms with van der Waals surface area (Å²) in [6, 6.07) is 5.42. The number of halogens is 2. The van der Waals surface area contributed by atoms with E-state index < -0.39 is 17.2 Å². The lowest BCUT2D eigenvalue weighted by Crippen LogP contribution is -2.14. The molecule has 0 spiro atoms. The summed E-state index contributed by atoms with van der Waals surface area (Å²) in [5.41, 5.74) is -0.865. The van der Waals surface area contributed by atoms with Crippen LogP contribution in [0.4, 0.5) is 8.78 Å². The minimum absolute atomic E-state index is 0.170. The Hall–Kier alpha value is -2.12. The van der Waals surface area contributed by atoms with Crippen LogP contribution in [-0.2, 0) is 0 Å². The number of hydrogen-bond acceptors (Lipinski definition) is 1. The Morgan fingerprint density at radius 2 is 1.79 bits per heavy atom. The molecule has 0 aliphatic heterocycles. The van der Waals surface area contributed by atoms with Crippen molar-refractivity contribution in [1.29, 1.82) is 0 Å². The molecule has 1 aromatic carbocycles. The molecule has 4 heteroatoms.